The summed E-state index contributed by atoms with van der Waals surface area (Å²) in [5.74, 6) is 0. The van der Waals surface area contributed by atoms with Gasteiger partial charge in [0.25, 0.3) is 0 Å². The fourth-order valence-corrected chi connectivity index (χ4v) is 3.92. The first-order valence-corrected chi connectivity index (χ1v) is 8.62. The molecule has 0 spiro atoms. The van der Waals surface area contributed by atoms with Gasteiger partial charge in [0.15, 0.2) is 0 Å². The van der Waals surface area contributed by atoms with Crippen LogP contribution in [-0.4, -0.2) is 4.86 Å². The van der Waals surface area contributed by atoms with E-state index < -0.39 is 0 Å². The molecule has 1 aromatic heterocycles. The van der Waals surface area contributed by atoms with Gasteiger partial charge in [-0.05, 0) is 52.1 Å². The van der Waals surface area contributed by atoms with E-state index >= 15 is 0 Å². The molecule has 0 aliphatic heterocycles. The summed E-state index contributed by atoms with van der Waals surface area (Å²) in [6, 6.07) is 19.2. The molecule has 2 aromatic carbocycles. The fraction of sp³-hybridized carbons (Fsp3) is 0.211. The monoisotopic (exact) mass is 310 g/mol. The number of benzene rings is 2. The van der Waals surface area contributed by atoms with Gasteiger partial charge in [-0.15, -0.1) is 11.3 Å². The number of hydrogen-bond acceptors (Lipinski definition) is 2. The first-order chi connectivity index (χ1) is 10.3. The van der Waals surface area contributed by atoms with Crippen LogP contribution in [0.25, 0.3) is 10.1 Å². The molecular weight excluding hydrogens is 292 g/mol. The number of aryl methyl sites for hydroxylation is 1. The van der Waals surface area contributed by atoms with Crippen LogP contribution < -0.4 is 0 Å². The van der Waals surface area contributed by atoms with Gasteiger partial charge in [-0.1, -0.05) is 60.7 Å². The normalized spacial score (nSPS) is 10.9. The van der Waals surface area contributed by atoms with Crippen molar-refractivity contribution in [2.75, 3.05) is 0 Å². The molecule has 0 nitrogen and oxygen atoms in total. The Labute approximate surface area is 135 Å². The maximum Gasteiger partial charge on any atom is 0.0345 e. The molecule has 0 amide bonds. The lowest BCUT2D eigenvalue weighted by Crippen LogP contribution is -2.00. The summed E-state index contributed by atoms with van der Waals surface area (Å²) in [6.07, 6.45) is 4.24. The number of hydrogen-bond donors (Lipinski definition) is 0. The Morgan fingerprint density at radius 1 is 0.952 bits per heavy atom. The van der Waals surface area contributed by atoms with Crippen LogP contribution >= 0.6 is 23.6 Å². The van der Waals surface area contributed by atoms with Crippen LogP contribution in [0.4, 0.5) is 0 Å². The van der Waals surface area contributed by atoms with Gasteiger partial charge in [0, 0.05) is 11.1 Å². The van der Waals surface area contributed by atoms with Gasteiger partial charge < -0.3 is 0 Å². The van der Waals surface area contributed by atoms with Gasteiger partial charge in [-0.2, -0.15) is 0 Å². The van der Waals surface area contributed by atoms with Crippen molar-refractivity contribution in [1.29, 1.82) is 0 Å². The molecule has 3 rings (SSSR count). The largest absolute Gasteiger partial charge is 0.144 e. The Bertz CT molecular complexity index is 725. The molecule has 106 valence electrons. The van der Waals surface area contributed by atoms with Crippen LogP contribution in [0.3, 0.4) is 0 Å². The third-order valence-corrected chi connectivity index (χ3v) is 5.07. The molecule has 1 heterocycles. The van der Waals surface area contributed by atoms with E-state index in [4.69, 9.17) is 12.2 Å². The van der Waals surface area contributed by atoms with Crippen molar-refractivity contribution in [3.05, 3.63) is 71.1 Å². The van der Waals surface area contributed by atoms with Crippen LogP contribution in [0.2, 0.25) is 0 Å². The van der Waals surface area contributed by atoms with Gasteiger partial charge >= 0.3 is 0 Å². The fourth-order valence-electron chi connectivity index (χ4n) is 2.61. The summed E-state index contributed by atoms with van der Waals surface area (Å²) in [5, 5.41) is 3.71. The molecule has 0 aliphatic carbocycles. The average Bonchev–Trinajstić information content (AvgIpc) is 2.92. The van der Waals surface area contributed by atoms with E-state index in [-0.39, 0.29) is 0 Å². The van der Waals surface area contributed by atoms with Gasteiger partial charge in [-0.25, -0.2) is 0 Å². The third kappa shape index (κ3) is 3.78. The van der Waals surface area contributed by atoms with Crippen molar-refractivity contribution in [2.45, 2.75) is 25.7 Å². The van der Waals surface area contributed by atoms with E-state index in [1.54, 1.807) is 0 Å². The van der Waals surface area contributed by atoms with E-state index in [0.29, 0.717) is 0 Å². The predicted octanol–water partition coefficient (Wildman–Crippen LogP) is 5.84. The summed E-state index contributed by atoms with van der Waals surface area (Å²) in [7, 11) is 0. The third-order valence-electron chi connectivity index (χ3n) is 3.71. The standard InChI is InChI=1S/C19H18S2/c20-17(13-15-7-2-1-3-8-15)10-6-9-16-14-21-19-12-5-4-11-18(16)19/h1-5,7-8,11-12,14H,6,9-10,13H2. The van der Waals surface area contributed by atoms with Crippen LogP contribution in [0.5, 0.6) is 0 Å². The van der Waals surface area contributed by atoms with Crippen LogP contribution in [0.1, 0.15) is 24.0 Å². The van der Waals surface area contributed by atoms with E-state index in [9.17, 15) is 0 Å². The molecule has 0 N–H and O–H groups in total. The van der Waals surface area contributed by atoms with Crippen molar-refractivity contribution in [3.8, 4) is 0 Å². The molecule has 0 fully saturated rings. The second-order valence-corrected chi connectivity index (χ2v) is 6.80. The molecule has 0 bridgehead atoms. The van der Waals surface area contributed by atoms with E-state index in [1.807, 2.05) is 17.4 Å². The molecule has 3 aromatic rings. The zero-order chi connectivity index (χ0) is 14.5. The van der Waals surface area contributed by atoms with Crippen LogP contribution in [0, 0.1) is 0 Å². The Balaban J connectivity index is 1.53. The first-order valence-electron chi connectivity index (χ1n) is 7.33. The maximum atomic E-state index is 5.53. The molecular formula is C19H18S2. The van der Waals surface area contributed by atoms with E-state index in [2.05, 4.69) is 53.9 Å². The zero-order valence-corrected chi connectivity index (χ0v) is 13.6. The minimum absolute atomic E-state index is 0.931. The predicted molar refractivity (Wildman–Crippen MR) is 97.5 cm³/mol. The number of rotatable bonds is 6. The van der Waals surface area contributed by atoms with Crippen LogP contribution in [-0.2, 0) is 12.8 Å². The van der Waals surface area contributed by atoms with Crippen molar-refractivity contribution < 1.29 is 0 Å². The number of thiocarbonyl (C=S) groups is 1. The lowest BCUT2D eigenvalue weighted by molar-refractivity contribution is 0.872. The second-order valence-electron chi connectivity index (χ2n) is 5.31. The summed E-state index contributed by atoms with van der Waals surface area (Å²) >= 11 is 7.37. The second kappa shape index (κ2) is 6.97. The van der Waals surface area contributed by atoms with Gasteiger partial charge in [0.1, 0.15) is 0 Å². The highest BCUT2D eigenvalue weighted by Gasteiger charge is 2.04. The Morgan fingerprint density at radius 3 is 2.57 bits per heavy atom. The lowest BCUT2D eigenvalue weighted by Gasteiger charge is -2.04. The average molecular weight is 310 g/mol. The molecule has 21 heavy (non-hydrogen) atoms. The number of thiophene rings is 1. The SMILES string of the molecule is S=C(CCCc1csc2ccccc12)Cc1ccccc1. The quantitative estimate of drug-likeness (QED) is 0.516. The van der Waals surface area contributed by atoms with Crippen LogP contribution in [0.15, 0.2) is 60.0 Å². The molecule has 0 unspecified atom stereocenters. The van der Waals surface area contributed by atoms with Crippen molar-refractivity contribution >= 4 is 38.5 Å². The van der Waals surface area contributed by atoms with Crippen molar-refractivity contribution in [2.24, 2.45) is 0 Å². The van der Waals surface area contributed by atoms with E-state index in [1.165, 1.54) is 26.1 Å². The summed E-state index contributed by atoms with van der Waals surface area (Å²) in [4.78, 5) is 1.17. The lowest BCUT2D eigenvalue weighted by atomic mass is 10.0. The Hall–Kier alpha value is -1.51. The highest BCUT2D eigenvalue weighted by atomic mass is 32.1. The topological polar surface area (TPSA) is 0 Å². The van der Waals surface area contributed by atoms with E-state index in [0.717, 1.165) is 25.7 Å². The highest BCUT2D eigenvalue weighted by Crippen LogP contribution is 2.26. The number of fused-ring (bicyclic) bond motifs is 1. The minimum atomic E-state index is 0.931. The summed E-state index contributed by atoms with van der Waals surface area (Å²) in [5.41, 5.74) is 2.79. The molecule has 0 aliphatic rings. The Kier molecular flexibility index (Phi) is 4.79. The molecule has 0 saturated carbocycles. The van der Waals surface area contributed by atoms with Gasteiger partial charge in [0.05, 0.1) is 0 Å². The Morgan fingerprint density at radius 2 is 1.71 bits per heavy atom. The summed E-state index contributed by atoms with van der Waals surface area (Å²) < 4.78 is 1.39. The molecule has 2 heteroatoms. The highest BCUT2D eigenvalue weighted by molar-refractivity contribution is 7.80. The smallest absolute Gasteiger partial charge is 0.0345 e. The van der Waals surface area contributed by atoms with Gasteiger partial charge in [-0.3, -0.25) is 0 Å². The summed E-state index contributed by atoms with van der Waals surface area (Å²) in [6.45, 7) is 0. The maximum absolute atomic E-state index is 5.53. The van der Waals surface area contributed by atoms with Crippen molar-refractivity contribution in [3.63, 3.8) is 0 Å². The molecule has 0 radical (unpaired) electrons. The van der Waals surface area contributed by atoms with Crippen molar-refractivity contribution in [1.82, 2.24) is 0 Å². The molecule has 0 saturated heterocycles. The first kappa shape index (κ1) is 14.4. The molecule has 0 atom stereocenters. The minimum Gasteiger partial charge on any atom is -0.144 e. The van der Waals surface area contributed by atoms with Gasteiger partial charge in [0.2, 0.25) is 0 Å². The zero-order valence-electron chi connectivity index (χ0n) is 11.9.